The minimum Gasteiger partial charge on any atom is -0.381 e. The van der Waals surface area contributed by atoms with Gasteiger partial charge in [0, 0.05) is 43.6 Å². The van der Waals surface area contributed by atoms with Gasteiger partial charge >= 0.3 is 0 Å². The highest BCUT2D eigenvalue weighted by Gasteiger charge is 2.25. The van der Waals surface area contributed by atoms with Crippen LogP contribution in [0.4, 0.5) is 0 Å². The van der Waals surface area contributed by atoms with Crippen LogP contribution in [0, 0.1) is 0 Å². The van der Waals surface area contributed by atoms with E-state index in [2.05, 4.69) is 9.55 Å². The van der Waals surface area contributed by atoms with E-state index in [-0.39, 0.29) is 12.4 Å². The quantitative estimate of drug-likeness (QED) is 0.829. The van der Waals surface area contributed by atoms with E-state index < -0.39 is 0 Å². The Kier molecular flexibility index (Phi) is 4.07. The molecule has 0 bridgehead atoms. The Balaban J connectivity index is 0.00000108. The zero-order chi connectivity index (χ0) is 11.0. The number of fused-ring (bicyclic) bond motifs is 1. The van der Waals surface area contributed by atoms with Gasteiger partial charge in [0.15, 0.2) is 0 Å². The van der Waals surface area contributed by atoms with Gasteiger partial charge in [0.25, 0.3) is 0 Å². The van der Waals surface area contributed by atoms with Crippen LogP contribution in [0.1, 0.15) is 36.7 Å². The van der Waals surface area contributed by atoms with Crippen LogP contribution in [0.25, 0.3) is 0 Å². The third kappa shape index (κ3) is 2.49. The Morgan fingerprint density at radius 1 is 1.29 bits per heavy atom. The largest absolute Gasteiger partial charge is 0.381 e. The molecule has 1 aromatic heterocycles. The topological polar surface area (TPSA) is 53.1 Å². The van der Waals surface area contributed by atoms with Crippen molar-refractivity contribution in [1.82, 2.24) is 9.55 Å². The maximum atomic E-state index is 6.03. The lowest BCUT2D eigenvalue weighted by Crippen LogP contribution is -2.33. The number of aromatic nitrogens is 2. The lowest BCUT2D eigenvalue weighted by atomic mass is 9.98. The van der Waals surface area contributed by atoms with Crippen molar-refractivity contribution in [2.45, 2.75) is 44.2 Å². The van der Waals surface area contributed by atoms with E-state index in [4.69, 9.17) is 10.5 Å². The van der Waals surface area contributed by atoms with E-state index in [0.717, 1.165) is 45.4 Å². The van der Waals surface area contributed by atoms with Gasteiger partial charge in [-0.15, -0.1) is 12.4 Å². The first kappa shape index (κ1) is 12.9. The molecule has 1 saturated heterocycles. The Morgan fingerprint density at radius 3 is 2.82 bits per heavy atom. The first-order valence-electron chi connectivity index (χ1n) is 6.22. The summed E-state index contributed by atoms with van der Waals surface area (Å²) in [6.45, 7) is 2.69. The Hall–Kier alpha value is -0.580. The third-order valence-corrected chi connectivity index (χ3v) is 3.74. The molecule has 0 saturated carbocycles. The van der Waals surface area contributed by atoms with Crippen molar-refractivity contribution in [1.29, 1.82) is 0 Å². The molecule has 3 heterocycles. The van der Waals surface area contributed by atoms with Crippen LogP contribution >= 0.6 is 12.4 Å². The van der Waals surface area contributed by atoms with Crippen molar-refractivity contribution >= 4 is 12.4 Å². The average molecular weight is 258 g/mol. The molecule has 96 valence electrons. The van der Waals surface area contributed by atoms with Gasteiger partial charge in [0.1, 0.15) is 5.82 Å². The highest BCUT2D eigenvalue weighted by molar-refractivity contribution is 5.85. The molecular weight excluding hydrogens is 238 g/mol. The van der Waals surface area contributed by atoms with Gasteiger partial charge < -0.3 is 15.0 Å². The molecule has 4 nitrogen and oxygen atoms in total. The molecule has 0 aliphatic carbocycles. The first-order valence-corrected chi connectivity index (χ1v) is 6.22. The van der Waals surface area contributed by atoms with Crippen molar-refractivity contribution in [2.75, 3.05) is 13.2 Å². The second-order valence-corrected chi connectivity index (χ2v) is 4.90. The van der Waals surface area contributed by atoms with E-state index in [1.165, 1.54) is 11.5 Å². The van der Waals surface area contributed by atoms with Gasteiger partial charge in [-0.1, -0.05) is 0 Å². The summed E-state index contributed by atoms with van der Waals surface area (Å²) in [6.07, 6.45) is 6.42. The molecule has 2 aliphatic rings. The molecule has 1 unspecified atom stereocenters. The highest BCUT2D eigenvalue weighted by atomic mass is 35.5. The molecule has 2 aliphatic heterocycles. The summed E-state index contributed by atoms with van der Waals surface area (Å²) in [5.41, 5.74) is 7.40. The summed E-state index contributed by atoms with van der Waals surface area (Å²) in [4.78, 5) is 4.61. The van der Waals surface area contributed by atoms with E-state index in [1.807, 2.05) is 6.20 Å². The molecule has 1 aromatic rings. The normalized spacial score (nSPS) is 25.1. The maximum absolute atomic E-state index is 6.03. The molecule has 2 N–H and O–H groups in total. The Labute approximate surface area is 108 Å². The number of nitrogens with two attached hydrogens (primary N) is 1. The van der Waals surface area contributed by atoms with Crippen molar-refractivity contribution in [3.63, 3.8) is 0 Å². The van der Waals surface area contributed by atoms with Gasteiger partial charge in [-0.05, 0) is 25.7 Å². The monoisotopic (exact) mass is 257 g/mol. The highest BCUT2D eigenvalue weighted by Crippen LogP contribution is 2.28. The molecule has 5 heteroatoms. The zero-order valence-electron chi connectivity index (χ0n) is 9.97. The number of hydrogen-bond donors (Lipinski definition) is 1. The summed E-state index contributed by atoms with van der Waals surface area (Å²) in [6, 6.07) is 0.306. The fourth-order valence-corrected chi connectivity index (χ4v) is 2.78. The van der Waals surface area contributed by atoms with Gasteiger partial charge in [0.05, 0.1) is 0 Å². The van der Waals surface area contributed by atoms with Crippen molar-refractivity contribution in [3.05, 3.63) is 17.7 Å². The van der Waals surface area contributed by atoms with Crippen LogP contribution in [0.2, 0.25) is 0 Å². The Bertz CT molecular complexity index is 374. The number of hydrogen-bond acceptors (Lipinski definition) is 3. The van der Waals surface area contributed by atoms with Crippen LogP contribution in [0.15, 0.2) is 6.20 Å². The predicted molar refractivity (Wildman–Crippen MR) is 68.6 cm³/mol. The first-order chi connectivity index (χ1) is 7.84. The number of imidazole rings is 1. The van der Waals surface area contributed by atoms with Crippen molar-refractivity contribution in [2.24, 2.45) is 5.73 Å². The fraction of sp³-hybridized carbons (Fsp3) is 0.750. The number of ether oxygens (including phenoxy) is 1. The van der Waals surface area contributed by atoms with E-state index in [9.17, 15) is 0 Å². The van der Waals surface area contributed by atoms with Gasteiger partial charge in [0.2, 0.25) is 0 Å². The molecule has 1 atom stereocenters. The molecule has 0 amide bonds. The molecule has 0 aromatic carbocycles. The Morgan fingerprint density at radius 2 is 2.06 bits per heavy atom. The van der Waals surface area contributed by atoms with Crippen LogP contribution < -0.4 is 5.73 Å². The van der Waals surface area contributed by atoms with Crippen molar-refractivity contribution < 1.29 is 4.74 Å². The number of rotatable bonds is 1. The standard InChI is InChI=1S/C12H19N3O.ClH/c13-10-1-2-11-7-14-12(15(11)8-10)9-3-5-16-6-4-9;/h7,9-10H,1-6,8,13H2;1H. The summed E-state index contributed by atoms with van der Waals surface area (Å²) < 4.78 is 7.75. The summed E-state index contributed by atoms with van der Waals surface area (Å²) in [5, 5.41) is 0. The third-order valence-electron chi connectivity index (χ3n) is 3.74. The van der Waals surface area contributed by atoms with E-state index >= 15 is 0 Å². The predicted octanol–water partition coefficient (Wildman–Crippen LogP) is 1.47. The van der Waals surface area contributed by atoms with Gasteiger partial charge in [-0.3, -0.25) is 0 Å². The van der Waals surface area contributed by atoms with Gasteiger partial charge in [-0.25, -0.2) is 4.98 Å². The fourth-order valence-electron chi connectivity index (χ4n) is 2.78. The molecule has 17 heavy (non-hydrogen) atoms. The number of nitrogens with zero attached hydrogens (tertiary/aromatic N) is 2. The second kappa shape index (κ2) is 5.38. The molecule has 0 radical (unpaired) electrons. The summed E-state index contributed by atoms with van der Waals surface area (Å²) in [5.74, 6) is 1.82. The molecule has 0 spiro atoms. The lowest BCUT2D eigenvalue weighted by molar-refractivity contribution is 0.0826. The minimum atomic E-state index is 0. The summed E-state index contributed by atoms with van der Waals surface area (Å²) in [7, 11) is 0. The van der Waals surface area contributed by atoms with E-state index in [1.54, 1.807) is 0 Å². The lowest BCUT2D eigenvalue weighted by Gasteiger charge is -2.27. The molecular formula is C12H20ClN3O. The number of halogens is 1. The average Bonchev–Trinajstić information content (AvgIpc) is 2.73. The smallest absolute Gasteiger partial charge is 0.112 e. The zero-order valence-corrected chi connectivity index (χ0v) is 10.8. The summed E-state index contributed by atoms with van der Waals surface area (Å²) >= 11 is 0. The van der Waals surface area contributed by atoms with Crippen molar-refractivity contribution in [3.8, 4) is 0 Å². The number of aryl methyl sites for hydroxylation is 1. The SMILES string of the molecule is Cl.NC1CCc2cnc(C3CCOCC3)n2C1. The maximum Gasteiger partial charge on any atom is 0.112 e. The molecule has 3 rings (SSSR count). The van der Waals surface area contributed by atoms with Gasteiger partial charge in [-0.2, -0.15) is 0 Å². The van der Waals surface area contributed by atoms with Crippen LogP contribution in [0.5, 0.6) is 0 Å². The second-order valence-electron chi connectivity index (χ2n) is 4.90. The van der Waals surface area contributed by atoms with Crippen LogP contribution in [-0.4, -0.2) is 28.8 Å². The van der Waals surface area contributed by atoms with Crippen LogP contribution in [0.3, 0.4) is 0 Å². The van der Waals surface area contributed by atoms with Crippen LogP contribution in [-0.2, 0) is 17.7 Å². The van der Waals surface area contributed by atoms with E-state index in [0.29, 0.717) is 12.0 Å². The molecule has 1 fully saturated rings. The minimum absolute atomic E-state index is 0.